The van der Waals surface area contributed by atoms with Gasteiger partial charge in [0.25, 0.3) is 0 Å². The molecule has 25 heavy (non-hydrogen) atoms. The average Bonchev–Trinajstić information content (AvgIpc) is 2.98. The monoisotopic (exact) mass is 351 g/mol. The maximum Gasteiger partial charge on any atom is 0.310 e. The third kappa shape index (κ3) is 3.75. The van der Waals surface area contributed by atoms with Crippen molar-refractivity contribution in [3.8, 4) is 0 Å². The van der Waals surface area contributed by atoms with Gasteiger partial charge in [0.1, 0.15) is 6.10 Å². The Labute approximate surface area is 153 Å². The van der Waals surface area contributed by atoms with Gasteiger partial charge in [-0.3, -0.25) is 4.79 Å². The van der Waals surface area contributed by atoms with E-state index in [1.54, 1.807) is 0 Å². The van der Waals surface area contributed by atoms with Crippen molar-refractivity contribution in [1.29, 1.82) is 0 Å². The van der Waals surface area contributed by atoms with Crippen LogP contribution >= 0.6 is 0 Å². The molecule has 0 bridgehead atoms. The van der Waals surface area contributed by atoms with E-state index >= 15 is 0 Å². The molecule has 1 heterocycles. The van der Waals surface area contributed by atoms with Crippen LogP contribution in [0.25, 0.3) is 0 Å². The van der Waals surface area contributed by atoms with E-state index in [1.165, 1.54) is 25.7 Å². The number of aliphatic hydroxyl groups is 1. The number of esters is 1. The summed E-state index contributed by atoms with van der Waals surface area (Å²) in [6.45, 7) is 8.49. The second-order valence-electron chi connectivity index (χ2n) is 9.13. The number of hydrogen-bond acceptors (Lipinski definition) is 4. The third-order valence-electron chi connectivity index (χ3n) is 7.46. The van der Waals surface area contributed by atoms with Crippen LogP contribution in [0.4, 0.5) is 0 Å². The van der Waals surface area contributed by atoms with E-state index in [2.05, 4.69) is 26.1 Å². The van der Waals surface area contributed by atoms with Crippen LogP contribution in [-0.4, -0.2) is 36.4 Å². The van der Waals surface area contributed by atoms with Crippen molar-refractivity contribution in [2.45, 2.75) is 84.3 Å². The number of aliphatic hydroxyl groups excluding tert-OH is 1. The Hall–Kier alpha value is -0.610. The van der Waals surface area contributed by atoms with Crippen LogP contribution in [0.15, 0.2) is 0 Å². The number of unbranched alkanes of at least 4 members (excludes halogenated alkanes) is 3. The highest BCUT2D eigenvalue weighted by Gasteiger charge is 2.57. The van der Waals surface area contributed by atoms with E-state index in [1.807, 2.05) is 0 Å². The Morgan fingerprint density at radius 1 is 1.28 bits per heavy atom. The molecule has 2 saturated carbocycles. The molecule has 4 nitrogen and oxygen atoms in total. The number of carbonyl (C=O) groups excluding carboxylic acids is 1. The highest BCUT2D eigenvalue weighted by molar-refractivity contribution is 5.75. The number of fused-ring (bicyclic) bond motifs is 2. The number of rotatable bonds is 7. The molecule has 2 N–H and O–H groups in total. The molecule has 3 fully saturated rings. The summed E-state index contributed by atoms with van der Waals surface area (Å²) in [5.41, 5.74) is -0.0494. The molecule has 1 aliphatic heterocycles. The van der Waals surface area contributed by atoms with Gasteiger partial charge in [0.15, 0.2) is 0 Å². The molecule has 0 aromatic heterocycles. The molecule has 7 atom stereocenters. The van der Waals surface area contributed by atoms with Crippen LogP contribution in [-0.2, 0) is 9.53 Å². The Kier molecular flexibility index (Phi) is 6.10. The quantitative estimate of drug-likeness (QED) is 0.544. The number of nitrogens with one attached hydrogen (secondary N) is 1. The first kappa shape index (κ1) is 19.2. The van der Waals surface area contributed by atoms with Gasteiger partial charge in [-0.15, -0.1) is 0 Å². The first-order chi connectivity index (χ1) is 12.0. The molecule has 0 spiro atoms. The number of carbonyl (C=O) groups is 1. The topological polar surface area (TPSA) is 58.6 Å². The fourth-order valence-electron chi connectivity index (χ4n) is 5.93. The molecule has 2 aliphatic carbocycles. The molecule has 0 aromatic rings. The maximum absolute atomic E-state index is 12.5. The molecule has 3 aliphatic rings. The lowest BCUT2D eigenvalue weighted by Crippen LogP contribution is -2.38. The largest absolute Gasteiger partial charge is 0.462 e. The maximum atomic E-state index is 12.5. The summed E-state index contributed by atoms with van der Waals surface area (Å²) in [4.78, 5) is 12.5. The SMILES string of the molecule is CCCCCCNC[C@@H]1C(=O)O[C@H]2C[C@@H](C)[C@@H]3CC[C@H](O)[C@@]3(C)C[C@@H]21. The third-order valence-corrected chi connectivity index (χ3v) is 7.46. The standard InChI is InChI=1S/C21H37NO3/c1-4-5-6-7-10-22-13-16-15-12-21(3)17(8-9-19(21)23)14(2)11-18(15)25-20(16)24/h14-19,22-23H,4-13H2,1-3H3/t14-,15-,16+,17+,18+,19+,21+/m1/s1. The summed E-state index contributed by atoms with van der Waals surface area (Å²) in [7, 11) is 0. The molecule has 144 valence electrons. The van der Waals surface area contributed by atoms with Crippen LogP contribution in [0, 0.1) is 29.1 Å². The highest BCUT2D eigenvalue weighted by Crippen LogP contribution is 2.57. The predicted molar refractivity (Wildman–Crippen MR) is 99.1 cm³/mol. The zero-order valence-electron chi connectivity index (χ0n) is 16.3. The average molecular weight is 352 g/mol. The Balaban J connectivity index is 1.62. The molecular formula is C21H37NO3. The van der Waals surface area contributed by atoms with Gasteiger partial charge >= 0.3 is 5.97 Å². The second kappa shape index (κ2) is 7.96. The normalized spacial score (nSPS) is 43.4. The summed E-state index contributed by atoms with van der Waals surface area (Å²) in [6.07, 6.45) is 8.74. The molecule has 1 saturated heterocycles. The smallest absolute Gasteiger partial charge is 0.310 e. The zero-order valence-corrected chi connectivity index (χ0v) is 16.3. The Morgan fingerprint density at radius 3 is 2.84 bits per heavy atom. The molecule has 4 heteroatoms. The van der Waals surface area contributed by atoms with Gasteiger partial charge in [0.05, 0.1) is 12.0 Å². The Morgan fingerprint density at radius 2 is 2.08 bits per heavy atom. The summed E-state index contributed by atoms with van der Waals surface area (Å²) < 4.78 is 5.81. The van der Waals surface area contributed by atoms with E-state index in [-0.39, 0.29) is 35.4 Å². The zero-order chi connectivity index (χ0) is 18.0. The molecule has 0 unspecified atom stereocenters. The molecule has 0 amide bonds. The second-order valence-corrected chi connectivity index (χ2v) is 9.13. The van der Waals surface area contributed by atoms with Gasteiger partial charge in [-0.1, -0.05) is 40.0 Å². The van der Waals surface area contributed by atoms with Crippen molar-refractivity contribution < 1.29 is 14.6 Å². The van der Waals surface area contributed by atoms with Gasteiger partial charge in [-0.2, -0.15) is 0 Å². The lowest BCUT2D eigenvalue weighted by molar-refractivity contribution is -0.144. The van der Waals surface area contributed by atoms with Gasteiger partial charge < -0.3 is 15.2 Å². The highest BCUT2D eigenvalue weighted by atomic mass is 16.6. The summed E-state index contributed by atoms with van der Waals surface area (Å²) in [5, 5.41) is 14.2. The minimum Gasteiger partial charge on any atom is -0.462 e. The molecule has 0 aromatic carbocycles. The predicted octanol–water partition coefficient (Wildman–Crippen LogP) is 3.52. The van der Waals surface area contributed by atoms with Crippen molar-refractivity contribution >= 4 is 5.97 Å². The fraction of sp³-hybridized carbons (Fsp3) is 0.952. The molecular weight excluding hydrogens is 314 g/mol. The van der Waals surface area contributed by atoms with Crippen molar-refractivity contribution in [3.63, 3.8) is 0 Å². The molecule has 3 rings (SSSR count). The van der Waals surface area contributed by atoms with Crippen LogP contribution in [0.3, 0.4) is 0 Å². The minimum absolute atomic E-state index is 0.0159. The van der Waals surface area contributed by atoms with Gasteiger partial charge in [-0.05, 0) is 55.9 Å². The first-order valence-electron chi connectivity index (χ1n) is 10.6. The summed E-state index contributed by atoms with van der Waals surface area (Å²) in [5.74, 6) is 1.30. The van der Waals surface area contributed by atoms with E-state index in [9.17, 15) is 9.90 Å². The summed E-state index contributed by atoms with van der Waals surface area (Å²) in [6, 6.07) is 0. The van der Waals surface area contributed by atoms with Crippen LogP contribution < -0.4 is 5.32 Å². The van der Waals surface area contributed by atoms with Gasteiger partial charge in [-0.25, -0.2) is 0 Å². The van der Waals surface area contributed by atoms with Crippen molar-refractivity contribution in [3.05, 3.63) is 0 Å². The van der Waals surface area contributed by atoms with Crippen molar-refractivity contribution in [2.24, 2.45) is 29.1 Å². The lowest BCUT2D eigenvalue weighted by Gasteiger charge is -2.37. The van der Waals surface area contributed by atoms with E-state index in [4.69, 9.17) is 4.74 Å². The van der Waals surface area contributed by atoms with E-state index in [0.29, 0.717) is 11.8 Å². The van der Waals surface area contributed by atoms with Crippen molar-refractivity contribution in [1.82, 2.24) is 5.32 Å². The minimum atomic E-state index is -0.225. The van der Waals surface area contributed by atoms with Crippen LogP contribution in [0.5, 0.6) is 0 Å². The van der Waals surface area contributed by atoms with Crippen molar-refractivity contribution in [2.75, 3.05) is 13.1 Å². The first-order valence-corrected chi connectivity index (χ1v) is 10.6. The Bertz CT molecular complexity index is 468. The van der Waals surface area contributed by atoms with Crippen LogP contribution in [0.1, 0.15) is 72.1 Å². The van der Waals surface area contributed by atoms with Gasteiger partial charge in [0, 0.05) is 12.5 Å². The van der Waals surface area contributed by atoms with E-state index in [0.717, 1.165) is 38.8 Å². The number of hydrogen-bond donors (Lipinski definition) is 2. The summed E-state index contributed by atoms with van der Waals surface area (Å²) >= 11 is 0. The number of ether oxygens (including phenoxy) is 1. The lowest BCUT2D eigenvalue weighted by atomic mass is 9.68. The van der Waals surface area contributed by atoms with Crippen LogP contribution in [0.2, 0.25) is 0 Å². The molecule has 0 radical (unpaired) electrons. The fourth-order valence-corrected chi connectivity index (χ4v) is 5.93. The van der Waals surface area contributed by atoms with E-state index < -0.39 is 0 Å². The van der Waals surface area contributed by atoms with Gasteiger partial charge in [0.2, 0.25) is 0 Å².